The number of benzene rings is 2. The molecule has 2 aromatic carbocycles. The molecule has 5 rings (SSSR count). The summed E-state index contributed by atoms with van der Waals surface area (Å²) in [5.41, 5.74) is 3.08. The molecule has 0 fully saturated rings. The molecule has 0 saturated heterocycles. The molecule has 4 aromatic rings. The third-order valence-electron chi connectivity index (χ3n) is 4.74. The highest BCUT2D eigenvalue weighted by atomic mass is 32.1. The predicted octanol–water partition coefficient (Wildman–Crippen LogP) is 3.99. The first-order valence-electron chi connectivity index (χ1n) is 9.22. The number of carbonyl (C=O) groups is 1. The Hall–Kier alpha value is -3.19. The molecule has 1 aliphatic carbocycles. The smallest absolute Gasteiger partial charge is 0.263 e. The molecular weight excluding hydrogens is 372 g/mol. The van der Waals surface area contributed by atoms with Gasteiger partial charge >= 0.3 is 0 Å². The number of nitrogens with one attached hydrogen (secondary N) is 1. The maximum Gasteiger partial charge on any atom is 0.263 e. The molecule has 2 aromatic heterocycles. The van der Waals surface area contributed by atoms with Gasteiger partial charge in [-0.05, 0) is 43.5 Å². The van der Waals surface area contributed by atoms with Crippen LogP contribution in [0.2, 0.25) is 0 Å². The van der Waals surface area contributed by atoms with Gasteiger partial charge in [0, 0.05) is 5.56 Å². The summed E-state index contributed by atoms with van der Waals surface area (Å²) in [7, 11) is 0. The van der Waals surface area contributed by atoms with E-state index in [1.165, 1.54) is 0 Å². The van der Waals surface area contributed by atoms with Crippen molar-refractivity contribution < 1.29 is 9.53 Å². The van der Waals surface area contributed by atoms with Crippen LogP contribution < -0.4 is 10.1 Å². The van der Waals surface area contributed by atoms with Gasteiger partial charge in [-0.15, -0.1) is 0 Å². The predicted molar refractivity (Wildman–Crippen MR) is 109 cm³/mol. The van der Waals surface area contributed by atoms with Gasteiger partial charge in [-0.2, -0.15) is 9.78 Å². The summed E-state index contributed by atoms with van der Waals surface area (Å²) < 4.78 is 8.44. The van der Waals surface area contributed by atoms with Gasteiger partial charge in [0.1, 0.15) is 11.6 Å². The number of fused-ring (bicyclic) bond motifs is 2. The van der Waals surface area contributed by atoms with Gasteiger partial charge < -0.3 is 10.1 Å². The fourth-order valence-electron chi connectivity index (χ4n) is 3.44. The Balaban J connectivity index is 1.43. The standard InChI is InChI=1S/C21H18N4O2S/c26-19(13-27-14-7-2-1-3-8-14)23-20-15-9-6-11-16(15)24-25(20)21-22-17-10-4-5-12-18(17)28-21/h1-5,7-8,10,12H,6,9,11,13H2,(H,23,26). The van der Waals surface area contributed by atoms with Crippen molar-refractivity contribution in [3.05, 3.63) is 65.9 Å². The van der Waals surface area contributed by atoms with Crippen molar-refractivity contribution in [2.24, 2.45) is 0 Å². The van der Waals surface area contributed by atoms with E-state index in [1.807, 2.05) is 54.6 Å². The van der Waals surface area contributed by atoms with Crippen molar-refractivity contribution in [2.45, 2.75) is 19.3 Å². The molecule has 6 nitrogen and oxygen atoms in total. The molecule has 0 aliphatic heterocycles. The van der Waals surface area contributed by atoms with Gasteiger partial charge in [0.2, 0.25) is 5.13 Å². The van der Waals surface area contributed by atoms with Crippen LogP contribution in [0, 0.1) is 0 Å². The number of hydrogen-bond donors (Lipinski definition) is 1. The molecule has 2 heterocycles. The number of anilines is 1. The number of nitrogens with zero attached hydrogens (tertiary/aromatic N) is 3. The maximum absolute atomic E-state index is 12.5. The zero-order valence-electron chi connectivity index (χ0n) is 15.1. The highest BCUT2D eigenvalue weighted by Gasteiger charge is 2.25. The molecule has 0 atom stereocenters. The molecule has 140 valence electrons. The van der Waals surface area contributed by atoms with E-state index in [1.54, 1.807) is 16.0 Å². The van der Waals surface area contributed by atoms with E-state index >= 15 is 0 Å². The Labute approximate surface area is 165 Å². The lowest BCUT2D eigenvalue weighted by atomic mass is 10.2. The second-order valence-electron chi connectivity index (χ2n) is 6.65. The molecule has 7 heteroatoms. The topological polar surface area (TPSA) is 69.0 Å². The van der Waals surface area contributed by atoms with Crippen molar-refractivity contribution >= 4 is 33.3 Å². The van der Waals surface area contributed by atoms with E-state index in [2.05, 4.69) is 5.32 Å². The Morgan fingerprint density at radius 1 is 1.11 bits per heavy atom. The van der Waals surface area contributed by atoms with Gasteiger partial charge in [0.15, 0.2) is 6.61 Å². The number of aromatic nitrogens is 3. The first-order valence-corrected chi connectivity index (χ1v) is 10.0. The number of aryl methyl sites for hydroxylation is 1. The van der Waals surface area contributed by atoms with Crippen molar-refractivity contribution in [2.75, 3.05) is 11.9 Å². The van der Waals surface area contributed by atoms with Crippen LogP contribution in [0.25, 0.3) is 15.3 Å². The molecule has 0 saturated carbocycles. The highest BCUT2D eigenvalue weighted by Crippen LogP contribution is 2.33. The van der Waals surface area contributed by atoms with Gasteiger partial charge in [-0.25, -0.2) is 4.98 Å². The van der Waals surface area contributed by atoms with Gasteiger partial charge in [0.05, 0.1) is 15.9 Å². The first-order chi connectivity index (χ1) is 13.8. The van der Waals surface area contributed by atoms with E-state index in [0.717, 1.165) is 45.9 Å². The maximum atomic E-state index is 12.5. The third kappa shape index (κ3) is 3.14. The molecule has 1 amide bonds. The van der Waals surface area contributed by atoms with Gasteiger partial charge in [0.25, 0.3) is 5.91 Å². The van der Waals surface area contributed by atoms with Crippen LogP contribution in [0.5, 0.6) is 5.75 Å². The largest absolute Gasteiger partial charge is 0.484 e. The summed E-state index contributed by atoms with van der Waals surface area (Å²) >= 11 is 1.57. The fourth-order valence-corrected chi connectivity index (χ4v) is 4.37. The second-order valence-corrected chi connectivity index (χ2v) is 7.66. The van der Waals surface area contributed by atoms with E-state index in [4.69, 9.17) is 14.8 Å². The van der Waals surface area contributed by atoms with Crippen LogP contribution >= 0.6 is 11.3 Å². The monoisotopic (exact) mass is 390 g/mol. The first kappa shape index (κ1) is 16.9. The van der Waals surface area contributed by atoms with Crippen LogP contribution in [0.3, 0.4) is 0 Å². The Kier molecular flexibility index (Phi) is 4.29. The number of rotatable bonds is 5. The summed E-state index contributed by atoms with van der Waals surface area (Å²) in [5, 5.41) is 8.50. The highest BCUT2D eigenvalue weighted by molar-refractivity contribution is 7.20. The quantitative estimate of drug-likeness (QED) is 0.559. The minimum atomic E-state index is -0.208. The number of hydrogen-bond acceptors (Lipinski definition) is 5. The molecule has 0 unspecified atom stereocenters. The normalized spacial score (nSPS) is 12.9. The lowest BCUT2D eigenvalue weighted by Gasteiger charge is -2.10. The lowest BCUT2D eigenvalue weighted by Crippen LogP contribution is -2.22. The number of amides is 1. The third-order valence-corrected chi connectivity index (χ3v) is 5.75. The van der Waals surface area contributed by atoms with E-state index in [9.17, 15) is 4.79 Å². The number of para-hydroxylation sites is 2. The van der Waals surface area contributed by atoms with E-state index < -0.39 is 0 Å². The SMILES string of the molecule is O=C(COc1ccccc1)Nc1c2c(nn1-c1nc3ccccc3s1)CCC2. The van der Waals surface area contributed by atoms with Crippen LogP contribution in [-0.2, 0) is 17.6 Å². The molecular formula is C21H18N4O2S. The molecule has 0 bridgehead atoms. The van der Waals surface area contributed by atoms with Crippen LogP contribution in [0.4, 0.5) is 5.82 Å². The summed E-state index contributed by atoms with van der Waals surface area (Å²) in [5.74, 6) is 1.18. The fraction of sp³-hybridized carbons (Fsp3) is 0.190. The van der Waals surface area contributed by atoms with Crippen LogP contribution in [0.15, 0.2) is 54.6 Å². The average Bonchev–Trinajstić information content (AvgIpc) is 3.42. The summed E-state index contributed by atoms with van der Waals surface area (Å²) in [6.07, 6.45) is 2.90. The van der Waals surface area contributed by atoms with Crippen LogP contribution in [-0.4, -0.2) is 27.3 Å². The Bertz CT molecular complexity index is 1120. The van der Waals surface area contributed by atoms with E-state index in [-0.39, 0.29) is 12.5 Å². The molecule has 0 spiro atoms. The Morgan fingerprint density at radius 2 is 1.93 bits per heavy atom. The van der Waals surface area contributed by atoms with E-state index in [0.29, 0.717) is 11.6 Å². The summed E-state index contributed by atoms with van der Waals surface area (Å²) in [4.78, 5) is 17.2. The van der Waals surface area contributed by atoms with Crippen molar-refractivity contribution in [3.8, 4) is 10.9 Å². The zero-order chi connectivity index (χ0) is 18.9. The molecule has 28 heavy (non-hydrogen) atoms. The molecule has 1 N–H and O–H groups in total. The molecule has 1 aliphatic rings. The molecule has 0 radical (unpaired) electrons. The summed E-state index contributed by atoms with van der Waals surface area (Å²) in [6, 6.07) is 17.3. The average molecular weight is 390 g/mol. The summed E-state index contributed by atoms with van der Waals surface area (Å²) in [6.45, 7) is -0.0518. The number of ether oxygens (including phenoxy) is 1. The van der Waals surface area contributed by atoms with Crippen LogP contribution in [0.1, 0.15) is 17.7 Å². The minimum absolute atomic E-state index is 0.0518. The lowest BCUT2D eigenvalue weighted by molar-refractivity contribution is -0.118. The number of thiazole rings is 1. The second kappa shape index (κ2) is 7.09. The Morgan fingerprint density at radius 3 is 2.79 bits per heavy atom. The number of carbonyl (C=O) groups excluding carboxylic acids is 1. The zero-order valence-corrected chi connectivity index (χ0v) is 15.9. The van der Waals surface area contributed by atoms with Gasteiger partial charge in [-0.1, -0.05) is 41.7 Å². The van der Waals surface area contributed by atoms with Crippen molar-refractivity contribution in [1.82, 2.24) is 14.8 Å². The van der Waals surface area contributed by atoms with Crippen molar-refractivity contribution in [1.29, 1.82) is 0 Å². The van der Waals surface area contributed by atoms with Crippen molar-refractivity contribution in [3.63, 3.8) is 0 Å². The van der Waals surface area contributed by atoms with Gasteiger partial charge in [-0.3, -0.25) is 4.79 Å². The minimum Gasteiger partial charge on any atom is -0.484 e.